The minimum Gasteiger partial charge on any atom is -0.396 e. The van der Waals surface area contributed by atoms with Gasteiger partial charge in [0, 0.05) is 13.2 Å². The van der Waals surface area contributed by atoms with E-state index in [0.29, 0.717) is 4.99 Å². The molecule has 0 fully saturated rings. The van der Waals surface area contributed by atoms with E-state index in [9.17, 15) is 0 Å². The van der Waals surface area contributed by atoms with Crippen molar-refractivity contribution in [1.29, 1.82) is 0 Å². The van der Waals surface area contributed by atoms with Crippen molar-refractivity contribution in [2.75, 3.05) is 26.2 Å². The molecule has 0 heterocycles. The second-order valence-electron chi connectivity index (χ2n) is 3.08. The molecule has 0 aliphatic heterocycles. The fourth-order valence-electron chi connectivity index (χ4n) is 1.20. The normalized spacial score (nSPS) is 10.7. The van der Waals surface area contributed by atoms with Gasteiger partial charge in [0.15, 0.2) is 0 Å². The lowest BCUT2D eigenvalue weighted by molar-refractivity contribution is 0.229. The van der Waals surface area contributed by atoms with Crippen LogP contribution in [0, 0.1) is 0 Å². The molecule has 0 aromatic rings. The highest BCUT2D eigenvalue weighted by Gasteiger charge is 2.01. The molecular weight excluding hydrogens is 184 g/mol. The van der Waals surface area contributed by atoms with Gasteiger partial charge in [-0.25, -0.2) is 0 Å². The van der Waals surface area contributed by atoms with Crippen molar-refractivity contribution in [1.82, 2.24) is 4.90 Å². The minimum absolute atomic E-state index is 0.270. The summed E-state index contributed by atoms with van der Waals surface area (Å²) in [5.74, 6) is 0. The predicted molar refractivity (Wildman–Crippen MR) is 59.8 cm³/mol. The second-order valence-corrected chi connectivity index (χ2v) is 3.61. The Hall–Kier alpha value is -0.190. The Bertz CT molecular complexity index is 142. The van der Waals surface area contributed by atoms with Crippen LogP contribution in [0.15, 0.2) is 0 Å². The molecule has 3 N–H and O–H groups in total. The van der Waals surface area contributed by atoms with Crippen LogP contribution < -0.4 is 5.73 Å². The van der Waals surface area contributed by atoms with Gasteiger partial charge < -0.3 is 15.7 Å². The quantitative estimate of drug-likeness (QED) is 0.573. The summed E-state index contributed by atoms with van der Waals surface area (Å²) >= 11 is 4.79. The van der Waals surface area contributed by atoms with Crippen molar-refractivity contribution in [2.24, 2.45) is 5.73 Å². The number of rotatable bonds is 8. The lowest BCUT2D eigenvalue weighted by Gasteiger charge is -2.19. The van der Waals surface area contributed by atoms with Gasteiger partial charge in [0.25, 0.3) is 0 Å². The van der Waals surface area contributed by atoms with Crippen LogP contribution >= 0.6 is 12.2 Å². The zero-order valence-electron chi connectivity index (χ0n) is 8.33. The maximum absolute atomic E-state index is 8.66. The maximum atomic E-state index is 8.66. The molecular formula is C9H20N2OS. The molecule has 3 nitrogen and oxygen atoms in total. The smallest absolute Gasteiger partial charge is 0.0727 e. The molecule has 0 aromatic heterocycles. The molecule has 13 heavy (non-hydrogen) atoms. The van der Waals surface area contributed by atoms with Gasteiger partial charge in [-0.05, 0) is 32.4 Å². The summed E-state index contributed by atoms with van der Waals surface area (Å²) < 4.78 is 0. The molecule has 0 unspecified atom stereocenters. The van der Waals surface area contributed by atoms with Gasteiger partial charge >= 0.3 is 0 Å². The zero-order valence-corrected chi connectivity index (χ0v) is 9.15. The van der Waals surface area contributed by atoms with Crippen LogP contribution in [0.1, 0.15) is 26.2 Å². The molecule has 0 bridgehead atoms. The Morgan fingerprint density at radius 1 is 1.38 bits per heavy atom. The highest BCUT2D eigenvalue weighted by molar-refractivity contribution is 7.80. The summed E-state index contributed by atoms with van der Waals surface area (Å²) in [4.78, 5) is 2.90. The molecule has 0 saturated carbocycles. The Labute approximate surface area is 85.9 Å². The van der Waals surface area contributed by atoms with Crippen molar-refractivity contribution in [3.63, 3.8) is 0 Å². The molecule has 0 saturated heterocycles. The molecule has 78 valence electrons. The van der Waals surface area contributed by atoms with Crippen LogP contribution in [0.3, 0.4) is 0 Å². The first-order chi connectivity index (χ1) is 6.20. The monoisotopic (exact) mass is 204 g/mol. The largest absolute Gasteiger partial charge is 0.396 e. The summed E-state index contributed by atoms with van der Waals surface area (Å²) in [5, 5.41) is 8.66. The van der Waals surface area contributed by atoms with Crippen LogP contribution in [-0.2, 0) is 0 Å². The first-order valence-electron chi connectivity index (χ1n) is 4.82. The van der Waals surface area contributed by atoms with Crippen molar-refractivity contribution in [3.05, 3.63) is 0 Å². The number of thiocarbonyl (C=S) groups is 1. The van der Waals surface area contributed by atoms with Gasteiger partial charge in [-0.2, -0.15) is 0 Å². The van der Waals surface area contributed by atoms with E-state index in [-0.39, 0.29) is 6.61 Å². The molecule has 0 amide bonds. The van der Waals surface area contributed by atoms with E-state index in [4.69, 9.17) is 23.1 Å². The highest BCUT2D eigenvalue weighted by atomic mass is 32.1. The Balaban J connectivity index is 3.41. The van der Waals surface area contributed by atoms with Gasteiger partial charge in [0.05, 0.1) is 4.99 Å². The summed E-state index contributed by atoms with van der Waals surface area (Å²) in [5.41, 5.74) is 5.39. The fraction of sp³-hybridized carbons (Fsp3) is 0.889. The molecule has 4 heteroatoms. The summed E-state index contributed by atoms with van der Waals surface area (Å²) in [6.45, 7) is 5.40. The lowest BCUT2D eigenvalue weighted by Crippen LogP contribution is -2.27. The molecule has 0 aliphatic rings. The Kier molecular flexibility index (Phi) is 8.29. The average Bonchev–Trinajstić information content (AvgIpc) is 2.10. The number of aliphatic hydroxyl groups excluding tert-OH is 1. The zero-order chi connectivity index (χ0) is 10.1. The summed E-state index contributed by atoms with van der Waals surface area (Å²) in [6.07, 6.45) is 2.69. The molecule has 0 aliphatic carbocycles. The maximum Gasteiger partial charge on any atom is 0.0727 e. The number of nitrogens with two attached hydrogens (primary N) is 1. The standard InChI is InChI=1S/C9H20N2OS/c1-2-11(7-4-8-12)6-3-5-9(10)13/h12H,2-8H2,1H3,(H2,10,13). The van der Waals surface area contributed by atoms with Gasteiger partial charge in [-0.3, -0.25) is 0 Å². The van der Waals surface area contributed by atoms with E-state index in [0.717, 1.165) is 38.9 Å². The third kappa shape index (κ3) is 8.15. The Morgan fingerprint density at radius 2 is 2.00 bits per heavy atom. The van der Waals surface area contributed by atoms with E-state index < -0.39 is 0 Å². The van der Waals surface area contributed by atoms with Gasteiger partial charge in [0.2, 0.25) is 0 Å². The van der Waals surface area contributed by atoms with Gasteiger partial charge in [-0.15, -0.1) is 0 Å². The molecule has 0 radical (unpaired) electrons. The molecule has 0 atom stereocenters. The van der Waals surface area contributed by atoms with Crippen LogP contribution in [0.2, 0.25) is 0 Å². The van der Waals surface area contributed by atoms with Gasteiger partial charge in [-0.1, -0.05) is 19.1 Å². The van der Waals surface area contributed by atoms with E-state index >= 15 is 0 Å². The van der Waals surface area contributed by atoms with E-state index in [2.05, 4.69) is 11.8 Å². The van der Waals surface area contributed by atoms with E-state index in [1.54, 1.807) is 0 Å². The second kappa shape index (κ2) is 8.41. The molecule has 0 aromatic carbocycles. The number of hydrogen-bond donors (Lipinski definition) is 2. The van der Waals surface area contributed by atoms with Crippen molar-refractivity contribution >= 4 is 17.2 Å². The SMILES string of the molecule is CCN(CCCO)CCCC(N)=S. The van der Waals surface area contributed by atoms with E-state index in [1.807, 2.05) is 0 Å². The minimum atomic E-state index is 0.270. The van der Waals surface area contributed by atoms with Gasteiger partial charge in [0.1, 0.15) is 0 Å². The van der Waals surface area contributed by atoms with Crippen LogP contribution in [0.5, 0.6) is 0 Å². The van der Waals surface area contributed by atoms with Crippen molar-refractivity contribution in [3.8, 4) is 0 Å². The first kappa shape index (κ1) is 12.8. The predicted octanol–water partition coefficient (Wildman–Crippen LogP) is 0.757. The highest BCUT2D eigenvalue weighted by Crippen LogP contribution is 1.96. The first-order valence-corrected chi connectivity index (χ1v) is 5.23. The topological polar surface area (TPSA) is 49.5 Å². The number of aliphatic hydroxyl groups is 1. The van der Waals surface area contributed by atoms with Crippen LogP contribution in [-0.4, -0.2) is 41.2 Å². The Morgan fingerprint density at radius 3 is 2.46 bits per heavy atom. The van der Waals surface area contributed by atoms with E-state index in [1.165, 1.54) is 0 Å². The third-order valence-corrected chi connectivity index (χ3v) is 2.18. The van der Waals surface area contributed by atoms with Crippen LogP contribution in [0.4, 0.5) is 0 Å². The summed E-state index contributed by atoms with van der Waals surface area (Å²) in [6, 6.07) is 0. The van der Waals surface area contributed by atoms with Crippen molar-refractivity contribution < 1.29 is 5.11 Å². The molecule has 0 rings (SSSR count). The number of hydrogen-bond acceptors (Lipinski definition) is 3. The van der Waals surface area contributed by atoms with Crippen molar-refractivity contribution in [2.45, 2.75) is 26.2 Å². The van der Waals surface area contributed by atoms with Crippen LogP contribution in [0.25, 0.3) is 0 Å². The lowest BCUT2D eigenvalue weighted by atomic mass is 10.3. The fourth-order valence-corrected chi connectivity index (χ4v) is 1.34. The summed E-state index contributed by atoms with van der Waals surface area (Å²) in [7, 11) is 0. The third-order valence-electron chi connectivity index (χ3n) is 1.98. The number of nitrogens with zero attached hydrogens (tertiary/aromatic N) is 1. The molecule has 0 spiro atoms. The average molecular weight is 204 g/mol.